The Balaban J connectivity index is 1.60. The van der Waals surface area contributed by atoms with Gasteiger partial charge < -0.3 is 20.5 Å². The van der Waals surface area contributed by atoms with E-state index in [2.05, 4.69) is 10.6 Å². The highest BCUT2D eigenvalue weighted by atomic mass is 32.2. The number of amides is 1. The molecule has 174 valence electrons. The van der Waals surface area contributed by atoms with Crippen molar-refractivity contribution in [2.75, 3.05) is 19.9 Å². The van der Waals surface area contributed by atoms with Crippen LogP contribution in [0.4, 0.5) is 0 Å². The van der Waals surface area contributed by atoms with Crippen LogP contribution in [0.5, 0.6) is 5.75 Å². The largest absolute Gasteiger partial charge is 0.497 e. The Morgan fingerprint density at radius 1 is 0.970 bits per heavy atom. The smallest absolute Gasteiger partial charge is 0.224 e. The van der Waals surface area contributed by atoms with Crippen molar-refractivity contribution in [3.63, 3.8) is 0 Å². The third-order valence-electron chi connectivity index (χ3n) is 5.45. The average molecular weight is 465 g/mol. The Morgan fingerprint density at radius 3 is 2.39 bits per heavy atom. The van der Waals surface area contributed by atoms with Crippen LogP contribution in [-0.4, -0.2) is 43.1 Å². The number of benzene rings is 3. The second-order valence-electron chi connectivity index (χ2n) is 7.94. The van der Waals surface area contributed by atoms with Gasteiger partial charge in [-0.25, -0.2) is 0 Å². The molecule has 0 saturated heterocycles. The topological polar surface area (TPSA) is 70.6 Å². The normalized spacial score (nSPS) is 12.7. The van der Waals surface area contributed by atoms with Crippen LogP contribution in [0.25, 0.3) is 0 Å². The van der Waals surface area contributed by atoms with Gasteiger partial charge in [-0.15, -0.1) is 11.8 Å². The van der Waals surface area contributed by atoms with Gasteiger partial charge in [-0.1, -0.05) is 54.6 Å². The molecule has 0 heterocycles. The summed E-state index contributed by atoms with van der Waals surface area (Å²) in [7, 11) is 1.64. The maximum atomic E-state index is 12.8. The maximum absolute atomic E-state index is 12.8. The van der Waals surface area contributed by atoms with E-state index in [1.54, 1.807) is 18.9 Å². The van der Waals surface area contributed by atoms with Gasteiger partial charge in [0.2, 0.25) is 5.91 Å². The Morgan fingerprint density at radius 2 is 1.70 bits per heavy atom. The zero-order valence-corrected chi connectivity index (χ0v) is 20.0. The molecule has 33 heavy (non-hydrogen) atoms. The molecule has 3 rings (SSSR count). The molecule has 0 radical (unpaired) electrons. The average Bonchev–Trinajstić information content (AvgIpc) is 2.85. The Kier molecular flexibility index (Phi) is 9.81. The Bertz CT molecular complexity index is 996. The van der Waals surface area contributed by atoms with Crippen LogP contribution in [0.15, 0.2) is 83.8 Å². The minimum absolute atomic E-state index is 0.0975. The molecule has 0 spiro atoms. The molecular formula is C27H32N2O3S. The van der Waals surface area contributed by atoms with E-state index in [-0.39, 0.29) is 12.3 Å². The van der Waals surface area contributed by atoms with E-state index >= 15 is 0 Å². The first-order valence-corrected chi connectivity index (χ1v) is 12.3. The summed E-state index contributed by atoms with van der Waals surface area (Å²) in [5.41, 5.74) is 3.09. The number of aliphatic hydroxyl groups excluding tert-OH is 1. The van der Waals surface area contributed by atoms with Gasteiger partial charge in [-0.3, -0.25) is 4.79 Å². The van der Waals surface area contributed by atoms with Crippen molar-refractivity contribution < 1.29 is 14.6 Å². The molecule has 5 nitrogen and oxygen atoms in total. The molecule has 6 heteroatoms. The predicted octanol–water partition coefficient (Wildman–Crippen LogP) is 3.84. The number of hydrogen-bond donors (Lipinski definition) is 3. The minimum Gasteiger partial charge on any atom is -0.497 e. The van der Waals surface area contributed by atoms with Crippen LogP contribution in [-0.2, 0) is 24.2 Å². The zero-order chi connectivity index (χ0) is 23.5. The first-order valence-electron chi connectivity index (χ1n) is 11.1. The van der Waals surface area contributed by atoms with Crippen molar-refractivity contribution in [3.8, 4) is 5.75 Å². The molecule has 0 aliphatic heterocycles. The van der Waals surface area contributed by atoms with Gasteiger partial charge in [0, 0.05) is 18.0 Å². The number of carbonyl (C=O) groups is 1. The van der Waals surface area contributed by atoms with Gasteiger partial charge in [0.15, 0.2) is 0 Å². The Hall–Kier alpha value is -2.80. The number of hydrogen-bond acceptors (Lipinski definition) is 5. The Labute approximate surface area is 200 Å². The van der Waals surface area contributed by atoms with E-state index < -0.39 is 12.1 Å². The highest BCUT2D eigenvalue weighted by molar-refractivity contribution is 7.98. The zero-order valence-electron chi connectivity index (χ0n) is 19.2. The van der Waals surface area contributed by atoms with Crippen LogP contribution >= 0.6 is 11.8 Å². The van der Waals surface area contributed by atoms with Crippen molar-refractivity contribution in [1.82, 2.24) is 10.6 Å². The van der Waals surface area contributed by atoms with Crippen LogP contribution < -0.4 is 15.4 Å². The summed E-state index contributed by atoms with van der Waals surface area (Å²) in [5, 5.41) is 17.3. The molecule has 0 unspecified atom stereocenters. The molecule has 0 aliphatic carbocycles. The lowest BCUT2D eigenvalue weighted by atomic mass is 10.0. The molecule has 3 aromatic carbocycles. The van der Waals surface area contributed by atoms with Crippen LogP contribution in [0.1, 0.15) is 16.7 Å². The highest BCUT2D eigenvalue weighted by Crippen LogP contribution is 2.16. The maximum Gasteiger partial charge on any atom is 0.224 e. The second kappa shape index (κ2) is 13.0. The number of ether oxygens (including phenoxy) is 1. The summed E-state index contributed by atoms with van der Waals surface area (Å²) < 4.78 is 5.27. The highest BCUT2D eigenvalue weighted by Gasteiger charge is 2.22. The monoisotopic (exact) mass is 464 g/mol. The number of aliphatic hydroxyl groups is 1. The molecule has 1 amide bonds. The summed E-state index contributed by atoms with van der Waals surface area (Å²) >= 11 is 1.67. The molecule has 0 saturated carbocycles. The van der Waals surface area contributed by atoms with Gasteiger partial charge in [-0.05, 0) is 53.6 Å². The third kappa shape index (κ3) is 8.24. The fourth-order valence-corrected chi connectivity index (χ4v) is 4.04. The first kappa shape index (κ1) is 24.8. The number of rotatable bonds is 12. The summed E-state index contributed by atoms with van der Waals surface area (Å²) in [6, 6.07) is 25.3. The third-order valence-corrected chi connectivity index (χ3v) is 6.19. The molecule has 0 bridgehead atoms. The van der Waals surface area contributed by atoms with Crippen LogP contribution in [0.2, 0.25) is 0 Å². The quantitative estimate of drug-likeness (QED) is 0.355. The van der Waals surface area contributed by atoms with Crippen LogP contribution in [0, 0.1) is 0 Å². The van der Waals surface area contributed by atoms with E-state index in [0.717, 1.165) is 22.4 Å². The second-order valence-corrected chi connectivity index (χ2v) is 8.82. The lowest BCUT2D eigenvalue weighted by Gasteiger charge is -2.25. The van der Waals surface area contributed by atoms with E-state index in [9.17, 15) is 9.90 Å². The summed E-state index contributed by atoms with van der Waals surface area (Å²) in [6.45, 7) is 0.958. The standard InChI is InChI=1S/C27H32N2O3S/c1-32-23-10-6-9-22(15-23)18-28-19-26(30)25(16-20-7-4-3-5-8-20)29-27(31)17-21-11-13-24(33-2)14-12-21/h3-15,25-26,28,30H,16-19H2,1-2H3,(H,29,31)/t25-,26+/m0/s1. The number of thioether (sulfide) groups is 1. The fraction of sp³-hybridized carbons (Fsp3) is 0.296. The lowest BCUT2D eigenvalue weighted by molar-refractivity contribution is -0.122. The number of methoxy groups -OCH3 is 1. The van der Waals surface area contributed by atoms with Crippen molar-refractivity contribution in [2.24, 2.45) is 0 Å². The van der Waals surface area contributed by atoms with Crippen molar-refractivity contribution in [1.29, 1.82) is 0 Å². The molecule has 0 aliphatic rings. The molecular weight excluding hydrogens is 432 g/mol. The predicted molar refractivity (Wildman–Crippen MR) is 135 cm³/mol. The SMILES string of the molecule is COc1cccc(CNC[C@@H](O)[C@H](Cc2ccccc2)NC(=O)Cc2ccc(SC)cc2)c1. The van der Waals surface area contributed by atoms with E-state index in [1.165, 1.54) is 4.90 Å². The molecule has 2 atom stereocenters. The van der Waals surface area contributed by atoms with Gasteiger partial charge in [0.25, 0.3) is 0 Å². The summed E-state index contributed by atoms with van der Waals surface area (Å²) in [6.07, 6.45) is 2.13. The van der Waals surface area contributed by atoms with E-state index in [4.69, 9.17) is 4.74 Å². The molecule has 3 N–H and O–H groups in total. The van der Waals surface area contributed by atoms with Crippen molar-refractivity contribution >= 4 is 17.7 Å². The number of nitrogens with one attached hydrogen (secondary N) is 2. The molecule has 0 aromatic heterocycles. The van der Waals surface area contributed by atoms with Gasteiger partial charge >= 0.3 is 0 Å². The molecule has 3 aromatic rings. The van der Waals surface area contributed by atoms with Gasteiger partial charge in [0.1, 0.15) is 5.75 Å². The first-order chi connectivity index (χ1) is 16.1. The lowest BCUT2D eigenvalue weighted by Crippen LogP contribution is -2.49. The van der Waals surface area contributed by atoms with E-state index in [1.807, 2.05) is 85.1 Å². The van der Waals surface area contributed by atoms with Crippen LogP contribution in [0.3, 0.4) is 0 Å². The minimum atomic E-state index is -0.737. The fourth-order valence-electron chi connectivity index (χ4n) is 3.63. The summed E-state index contributed by atoms with van der Waals surface area (Å²) in [5.74, 6) is 0.703. The van der Waals surface area contributed by atoms with Crippen molar-refractivity contribution in [2.45, 2.75) is 36.4 Å². The van der Waals surface area contributed by atoms with Gasteiger partial charge in [-0.2, -0.15) is 0 Å². The summed E-state index contributed by atoms with van der Waals surface area (Å²) in [4.78, 5) is 13.9. The van der Waals surface area contributed by atoms with Gasteiger partial charge in [0.05, 0.1) is 25.7 Å². The number of carbonyl (C=O) groups excluding carboxylic acids is 1. The van der Waals surface area contributed by atoms with E-state index in [0.29, 0.717) is 19.5 Å². The van der Waals surface area contributed by atoms with Crippen molar-refractivity contribution in [3.05, 3.63) is 95.6 Å². The molecule has 0 fully saturated rings.